The van der Waals surface area contributed by atoms with Crippen molar-refractivity contribution in [3.63, 3.8) is 0 Å². The molecule has 3 nitrogen and oxygen atoms in total. The van der Waals surface area contributed by atoms with Gasteiger partial charge in [0.05, 0.1) is 6.61 Å². The molecule has 0 N–H and O–H groups in total. The highest BCUT2D eigenvalue weighted by atomic mass is 32.2. The van der Waals surface area contributed by atoms with Gasteiger partial charge in [0.1, 0.15) is 4.90 Å². The minimum Gasteiger partial charge on any atom is -0.262 e. The first-order valence-corrected chi connectivity index (χ1v) is 7.15. The summed E-state index contributed by atoms with van der Waals surface area (Å²) in [6.45, 7) is 7.13. The summed E-state index contributed by atoms with van der Waals surface area (Å²) in [6.07, 6.45) is 3.10. The van der Waals surface area contributed by atoms with Crippen LogP contribution in [0.25, 0.3) is 16.8 Å². The molecule has 2 aromatic carbocycles. The van der Waals surface area contributed by atoms with E-state index in [0.717, 1.165) is 10.9 Å². The van der Waals surface area contributed by atoms with Crippen LogP contribution in [-0.4, -0.2) is 15.0 Å². The Kier molecular flexibility index (Phi) is 3.83. The Morgan fingerprint density at radius 1 is 1.05 bits per heavy atom. The van der Waals surface area contributed by atoms with Gasteiger partial charge in [-0.05, 0) is 17.0 Å². The third kappa shape index (κ3) is 2.59. The molecule has 98 valence electrons. The largest absolute Gasteiger partial charge is 0.297 e. The average molecular weight is 274 g/mol. The standard InChI is InChI=1S/C15H14O3S/c1-3-11-18-19(16,17)15-10-9-12(4-2)13-7-5-6-8-14(13)15/h3-10H,1-2,11H2. The summed E-state index contributed by atoms with van der Waals surface area (Å²) in [5, 5.41) is 1.46. The zero-order valence-corrected chi connectivity index (χ0v) is 11.2. The number of benzene rings is 2. The molecule has 0 bridgehead atoms. The molecule has 0 aromatic heterocycles. The molecule has 19 heavy (non-hydrogen) atoms. The lowest BCUT2D eigenvalue weighted by Gasteiger charge is -2.09. The second kappa shape index (κ2) is 5.38. The van der Waals surface area contributed by atoms with Crippen LogP contribution in [0, 0.1) is 0 Å². The maximum absolute atomic E-state index is 12.1. The fourth-order valence-electron chi connectivity index (χ4n) is 1.89. The third-order valence-corrected chi connectivity index (χ3v) is 4.09. The Morgan fingerprint density at radius 2 is 1.74 bits per heavy atom. The summed E-state index contributed by atoms with van der Waals surface area (Å²) < 4.78 is 29.1. The van der Waals surface area contributed by atoms with E-state index in [1.807, 2.05) is 12.1 Å². The molecule has 0 spiro atoms. The summed E-state index contributed by atoms with van der Waals surface area (Å²) >= 11 is 0. The highest BCUT2D eigenvalue weighted by Gasteiger charge is 2.18. The van der Waals surface area contributed by atoms with Gasteiger partial charge in [0.2, 0.25) is 0 Å². The molecular formula is C15H14O3S. The molecule has 0 saturated carbocycles. The minimum absolute atomic E-state index is 0.0418. The predicted octanol–water partition coefficient (Wildman–Crippen LogP) is 3.37. The highest BCUT2D eigenvalue weighted by Crippen LogP contribution is 2.27. The van der Waals surface area contributed by atoms with Gasteiger partial charge in [-0.25, -0.2) is 0 Å². The third-order valence-electron chi connectivity index (χ3n) is 2.75. The van der Waals surface area contributed by atoms with Gasteiger partial charge in [0.25, 0.3) is 10.1 Å². The molecule has 0 aliphatic rings. The highest BCUT2D eigenvalue weighted by molar-refractivity contribution is 7.87. The maximum Gasteiger partial charge on any atom is 0.297 e. The molecule has 4 heteroatoms. The molecule has 0 heterocycles. The van der Waals surface area contributed by atoms with Crippen LogP contribution in [0.15, 0.2) is 60.5 Å². The van der Waals surface area contributed by atoms with Gasteiger partial charge in [0.15, 0.2) is 0 Å². The van der Waals surface area contributed by atoms with Crippen molar-refractivity contribution in [2.24, 2.45) is 0 Å². The van der Waals surface area contributed by atoms with Gasteiger partial charge in [-0.2, -0.15) is 8.42 Å². The summed E-state index contributed by atoms with van der Waals surface area (Å²) in [5.41, 5.74) is 0.887. The van der Waals surface area contributed by atoms with E-state index in [0.29, 0.717) is 5.39 Å². The lowest BCUT2D eigenvalue weighted by molar-refractivity contribution is 0.358. The molecule has 0 saturated heterocycles. The Hall–Kier alpha value is -1.91. The normalized spacial score (nSPS) is 11.4. The van der Waals surface area contributed by atoms with Gasteiger partial charge in [-0.1, -0.05) is 49.1 Å². The monoisotopic (exact) mass is 274 g/mol. The molecule has 0 aliphatic carbocycles. The zero-order chi connectivity index (χ0) is 13.9. The molecule has 0 unspecified atom stereocenters. The summed E-state index contributed by atoms with van der Waals surface area (Å²) in [4.78, 5) is 0.163. The Bertz CT molecular complexity index is 730. The van der Waals surface area contributed by atoms with Crippen molar-refractivity contribution in [1.82, 2.24) is 0 Å². The lowest BCUT2D eigenvalue weighted by atomic mass is 10.0. The van der Waals surface area contributed by atoms with E-state index in [2.05, 4.69) is 13.2 Å². The fraction of sp³-hybridized carbons (Fsp3) is 0.0667. The number of fused-ring (bicyclic) bond motifs is 1. The Labute approximate surface area is 113 Å². The topological polar surface area (TPSA) is 43.4 Å². The summed E-state index contributed by atoms with van der Waals surface area (Å²) in [6, 6.07) is 10.5. The first-order valence-electron chi connectivity index (χ1n) is 5.74. The van der Waals surface area contributed by atoms with Gasteiger partial charge in [-0.15, -0.1) is 6.58 Å². The summed E-state index contributed by atoms with van der Waals surface area (Å²) in [7, 11) is -3.78. The molecule has 2 rings (SSSR count). The quantitative estimate of drug-likeness (QED) is 0.620. The van der Waals surface area contributed by atoms with Crippen LogP contribution in [0.3, 0.4) is 0 Å². The van der Waals surface area contributed by atoms with Crippen molar-refractivity contribution in [2.75, 3.05) is 6.61 Å². The van der Waals surface area contributed by atoms with Crippen molar-refractivity contribution >= 4 is 27.0 Å². The fourth-order valence-corrected chi connectivity index (χ4v) is 2.98. The zero-order valence-electron chi connectivity index (χ0n) is 10.4. The van der Waals surface area contributed by atoms with Gasteiger partial charge in [0, 0.05) is 5.39 Å². The smallest absolute Gasteiger partial charge is 0.262 e. The maximum atomic E-state index is 12.1. The molecule has 0 atom stereocenters. The molecule has 2 aromatic rings. The number of rotatable bonds is 5. The molecule has 0 aliphatic heterocycles. The van der Waals surface area contributed by atoms with Crippen LogP contribution in [0.4, 0.5) is 0 Å². The average Bonchev–Trinajstić information content (AvgIpc) is 2.43. The van der Waals surface area contributed by atoms with Crippen LogP contribution in [0.2, 0.25) is 0 Å². The van der Waals surface area contributed by atoms with E-state index >= 15 is 0 Å². The second-order valence-corrected chi connectivity index (χ2v) is 5.51. The van der Waals surface area contributed by atoms with Crippen molar-refractivity contribution in [3.05, 3.63) is 61.2 Å². The predicted molar refractivity (Wildman–Crippen MR) is 77.4 cm³/mol. The molecule has 0 fully saturated rings. The van der Waals surface area contributed by atoms with E-state index in [-0.39, 0.29) is 11.5 Å². The minimum atomic E-state index is -3.78. The van der Waals surface area contributed by atoms with Crippen LogP contribution in [0.5, 0.6) is 0 Å². The first-order chi connectivity index (χ1) is 9.10. The first kappa shape index (κ1) is 13.5. The van der Waals surface area contributed by atoms with E-state index < -0.39 is 10.1 Å². The van der Waals surface area contributed by atoms with Crippen LogP contribution < -0.4 is 0 Å². The lowest BCUT2D eigenvalue weighted by Crippen LogP contribution is -2.07. The summed E-state index contributed by atoms with van der Waals surface area (Å²) in [5.74, 6) is 0. The van der Waals surface area contributed by atoms with E-state index in [1.54, 1.807) is 24.3 Å². The van der Waals surface area contributed by atoms with Crippen molar-refractivity contribution in [2.45, 2.75) is 4.90 Å². The number of hydrogen-bond acceptors (Lipinski definition) is 3. The van der Waals surface area contributed by atoms with E-state index in [9.17, 15) is 8.42 Å². The Balaban J connectivity index is 2.69. The Morgan fingerprint density at radius 3 is 2.37 bits per heavy atom. The van der Waals surface area contributed by atoms with Crippen molar-refractivity contribution in [1.29, 1.82) is 0 Å². The van der Waals surface area contributed by atoms with Crippen LogP contribution >= 0.6 is 0 Å². The van der Waals surface area contributed by atoms with Gasteiger partial charge >= 0.3 is 0 Å². The van der Waals surface area contributed by atoms with Gasteiger partial charge in [-0.3, -0.25) is 4.18 Å². The second-order valence-electron chi connectivity index (χ2n) is 3.93. The van der Waals surface area contributed by atoms with Gasteiger partial charge < -0.3 is 0 Å². The number of hydrogen-bond donors (Lipinski definition) is 0. The van der Waals surface area contributed by atoms with Crippen LogP contribution in [-0.2, 0) is 14.3 Å². The van der Waals surface area contributed by atoms with Crippen LogP contribution in [0.1, 0.15) is 5.56 Å². The molecular weight excluding hydrogens is 260 g/mol. The van der Waals surface area contributed by atoms with E-state index in [4.69, 9.17) is 4.18 Å². The van der Waals surface area contributed by atoms with Crippen molar-refractivity contribution < 1.29 is 12.6 Å². The van der Waals surface area contributed by atoms with Crippen molar-refractivity contribution in [3.8, 4) is 0 Å². The van der Waals surface area contributed by atoms with E-state index in [1.165, 1.54) is 12.1 Å². The molecule has 0 amide bonds. The molecule has 0 radical (unpaired) electrons. The SMILES string of the molecule is C=CCOS(=O)(=O)c1ccc(C=C)c2ccccc12.